The maximum atomic E-state index is 13.5. The lowest BCUT2D eigenvalue weighted by molar-refractivity contribution is -0.266. The number of ether oxygens (including phenoxy) is 2. The monoisotopic (exact) mass is 1890 g/mol. The average Bonchev–Trinajstić information content (AvgIpc) is 1.54. The Morgan fingerprint density at radius 3 is 1.01 bits per heavy atom. The molecule has 6 bridgehead atoms. The highest BCUT2D eigenvalue weighted by molar-refractivity contribution is 7.97. The third-order valence-corrected chi connectivity index (χ3v) is 34.6. The summed E-state index contributed by atoms with van der Waals surface area (Å²) in [6.07, 6.45) is -18.1. The summed E-state index contributed by atoms with van der Waals surface area (Å²) in [6, 6.07) is 96.5. The number of halogens is 12. The van der Waals surface area contributed by atoms with Crippen LogP contribution in [-0.4, -0.2) is 143 Å². The molecule has 0 spiro atoms. The van der Waals surface area contributed by atoms with Crippen molar-refractivity contribution in [2.24, 2.45) is 35.0 Å². The van der Waals surface area contributed by atoms with E-state index in [-0.39, 0.29) is 89.2 Å². The van der Waals surface area contributed by atoms with E-state index in [2.05, 4.69) is 278 Å². The Morgan fingerprint density at radius 2 is 0.742 bits per heavy atom. The molecule has 0 N–H and O–H groups in total. The van der Waals surface area contributed by atoms with E-state index in [1.807, 2.05) is 0 Å². The normalized spacial score (nSPS) is 22.7. The first-order valence-corrected chi connectivity index (χ1v) is 49.8. The summed E-state index contributed by atoms with van der Waals surface area (Å²) in [7, 11) is -27.5. The van der Waals surface area contributed by atoms with Crippen LogP contribution in [0.3, 0.4) is 0 Å². The van der Waals surface area contributed by atoms with E-state index in [1.165, 1.54) is 44.1 Å². The van der Waals surface area contributed by atoms with E-state index in [0.29, 0.717) is 30.0 Å². The van der Waals surface area contributed by atoms with Gasteiger partial charge in [-0.05, 0) is 197 Å². The summed E-state index contributed by atoms with van der Waals surface area (Å²) in [5.41, 5.74) is -1.29. The van der Waals surface area contributed by atoms with Gasteiger partial charge in [-0.3, -0.25) is 8.98 Å². The molecule has 18 nitrogen and oxygen atoms in total. The Kier molecular flexibility index (Phi) is 31.4. The summed E-state index contributed by atoms with van der Waals surface area (Å²) in [5.74, 6) is -3.70. The van der Waals surface area contributed by atoms with Crippen LogP contribution in [0.25, 0.3) is 0 Å². The van der Waals surface area contributed by atoms with Crippen molar-refractivity contribution in [3.05, 3.63) is 273 Å². The highest BCUT2D eigenvalue weighted by atomic mass is 32.2. The van der Waals surface area contributed by atoms with Crippen molar-refractivity contribution in [1.29, 1.82) is 0 Å². The summed E-state index contributed by atoms with van der Waals surface area (Å²) >= 11 is 0. The summed E-state index contributed by atoms with van der Waals surface area (Å²) in [5, 5.41) is -16.9. The van der Waals surface area contributed by atoms with E-state index in [1.54, 1.807) is 0 Å². The van der Waals surface area contributed by atoms with Gasteiger partial charge in [0.25, 0.3) is 26.2 Å². The maximum absolute atomic E-state index is 13.5. The molecule has 0 radical (unpaired) electrons. The number of piperidine rings is 1. The number of hydrogen-bond donors (Lipinski definition) is 0. The Hall–Kier alpha value is -7.83. The number of carbonyl (C=O) groups excluding carboxylic acids is 1. The Morgan fingerprint density at radius 1 is 0.435 bits per heavy atom. The zero-order valence-electron chi connectivity index (χ0n) is 65.5. The van der Waals surface area contributed by atoms with E-state index < -0.39 is 144 Å². The maximum Gasteiger partial charge on any atom is 0.432 e. The Balaban J connectivity index is 0.000000145. The average molecular weight is 1890 g/mol. The molecule has 38 heteroatoms. The van der Waals surface area contributed by atoms with Gasteiger partial charge in [-0.15, -0.1) is 0 Å². The predicted molar refractivity (Wildman–Crippen MR) is 437 cm³/mol. The fourth-order valence-electron chi connectivity index (χ4n) is 16.7. The molecule has 17 rings (SSSR count). The molecule has 9 aromatic rings. The van der Waals surface area contributed by atoms with Gasteiger partial charge in [0.05, 0.1) is 65.3 Å². The zero-order chi connectivity index (χ0) is 89.9. The minimum atomic E-state index is -6.67. The number of fused-ring (bicyclic) bond motifs is 1. The van der Waals surface area contributed by atoms with Crippen LogP contribution in [0.2, 0.25) is 0 Å². The molecule has 0 amide bonds. The second-order valence-corrected chi connectivity index (χ2v) is 44.8. The standard InChI is InChI=1S/3C18H15S.C14H17F5O5S.C10H13F3O7S2.C8H13F4NO5S2/c3*1-4-10-16(11-5-1)19(17-12-6-2-7-13-17)18-14-8-3-9-15-18;15-13(16,17)10(14(18,19)25(21,22)23)24-11(20)12-4-7-1-8(5-12)3-9(2-7)6-12;11-10(12,13)7(3-21(14,15)16)19-8-4-1-5-6(2-4)22(17,18)20-9(5)8;9-7(10,6-8(11,12)20(16,17)18)19(14,15)13-4-2-1-3-5-13/h3*1-15H;7-10H,1-6H2,(H,21,22,23);4-9H,1-3H2,(H,14,15,16);1-6H2,(H,16,17,18)/q3*+1;;;/p-3. The quantitative estimate of drug-likeness (QED) is 0.0200. The van der Waals surface area contributed by atoms with E-state index in [9.17, 15) is 113 Å². The molecular formula is C86H85F12NO17S8. The topological polar surface area (TPSA) is 288 Å². The van der Waals surface area contributed by atoms with Crippen molar-refractivity contribution >= 4 is 89.2 Å². The van der Waals surface area contributed by atoms with Crippen LogP contribution in [0, 0.1) is 35.0 Å². The van der Waals surface area contributed by atoms with Crippen molar-refractivity contribution < 1.29 is 127 Å². The van der Waals surface area contributed by atoms with Crippen LogP contribution in [0.1, 0.15) is 77.0 Å². The third kappa shape index (κ3) is 24.1. The molecule has 7 atom stereocenters. The van der Waals surface area contributed by atoms with Crippen molar-refractivity contribution in [3.63, 3.8) is 0 Å². The minimum Gasteiger partial charge on any atom is -0.748 e. The zero-order valence-corrected chi connectivity index (χ0v) is 72.1. The fourth-order valence-corrected chi connectivity index (χ4v) is 27.9. The van der Waals surface area contributed by atoms with Crippen molar-refractivity contribution in [2.45, 2.75) is 179 Å². The Labute approximate surface area is 721 Å². The van der Waals surface area contributed by atoms with Gasteiger partial charge in [0.2, 0.25) is 0 Å². The molecule has 124 heavy (non-hydrogen) atoms. The number of benzene rings is 9. The van der Waals surface area contributed by atoms with Crippen molar-refractivity contribution in [3.8, 4) is 0 Å². The molecule has 6 saturated carbocycles. The molecule has 668 valence electrons. The third-order valence-electron chi connectivity index (χ3n) is 21.7. The van der Waals surface area contributed by atoms with E-state index >= 15 is 0 Å². The molecule has 7 unspecified atom stereocenters. The number of nitrogens with zero attached hydrogens (tertiary/aromatic N) is 1. The number of rotatable bonds is 22. The summed E-state index contributed by atoms with van der Waals surface area (Å²) in [6.45, 7) is -0.513. The number of hydrogen-bond acceptors (Lipinski definition) is 17. The van der Waals surface area contributed by atoms with Crippen LogP contribution in [0.4, 0.5) is 52.7 Å². The van der Waals surface area contributed by atoms with Crippen molar-refractivity contribution in [1.82, 2.24) is 4.31 Å². The second-order valence-electron chi connectivity index (χ2n) is 30.5. The molecule has 2 heterocycles. The first kappa shape index (κ1) is 96.8. The second kappa shape index (κ2) is 40.2. The number of carbonyl (C=O) groups is 1. The summed E-state index contributed by atoms with van der Waals surface area (Å²) in [4.78, 5) is 24.6. The molecule has 2 saturated heterocycles. The van der Waals surface area contributed by atoms with Gasteiger partial charge in [-0.2, -0.15) is 65.4 Å². The SMILES string of the molecule is O=C(OC(C(F)(F)F)C(F)(F)S(=O)(=O)[O-])C12CC3CC(CC(C3)C1)C2.O=S(=O)([O-])C(F)(F)CC(F)(F)S(=O)(=O)N1CCCCC1.O=S(=O)([O-])CC(OC1C2CC3C1OS(=O)(=O)C3C2)C(F)(F)F.c1ccc([S+](c2ccccc2)c2ccccc2)cc1.c1ccc([S+](c2ccccc2)c2ccccc2)cc1.c1ccc([S+](c2ccccc2)c2ccccc2)cc1. The first-order chi connectivity index (χ1) is 58.3. The van der Waals surface area contributed by atoms with Gasteiger partial charge in [0.1, 0.15) is 12.5 Å². The van der Waals surface area contributed by atoms with E-state index in [0.717, 1.165) is 19.3 Å². The van der Waals surface area contributed by atoms with Crippen LogP contribution in [-0.2, 0) is 102 Å². The van der Waals surface area contributed by atoms with Gasteiger partial charge >= 0.3 is 34.1 Å². The molecule has 8 aliphatic rings. The minimum absolute atomic E-state index is 0.0146. The highest BCUT2D eigenvalue weighted by Gasteiger charge is 2.67. The number of sulfonamides is 1. The highest BCUT2D eigenvalue weighted by Crippen LogP contribution is 2.61. The molecular weight excluding hydrogens is 1800 g/mol. The lowest BCUT2D eigenvalue weighted by Gasteiger charge is -2.55. The van der Waals surface area contributed by atoms with Crippen LogP contribution in [0.15, 0.2) is 317 Å². The molecule has 2 aliphatic heterocycles. The Bertz CT molecular complexity index is 4970. The molecule has 8 fully saturated rings. The lowest BCUT2D eigenvalue weighted by atomic mass is 9.49. The van der Waals surface area contributed by atoms with Crippen LogP contribution < -0.4 is 0 Å². The van der Waals surface area contributed by atoms with Gasteiger partial charge < -0.3 is 23.1 Å². The molecule has 6 aliphatic carbocycles. The van der Waals surface area contributed by atoms with E-state index in [4.69, 9.17) is 8.92 Å². The van der Waals surface area contributed by atoms with Gasteiger partial charge in [0.15, 0.2) is 70.4 Å². The van der Waals surface area contributed by atoms with Gasteiger partial charge in [-0.25, -0.2) is 33.7 Å². The van der Waals surface area contributed by atoms with Crippen LogP contribution in [0.5, 0.6) is 0 Å². The van der Waals surface area contributed by atoms with Crippen molar-refractivity contribution in [2.75, 3.05) is 18.8 Å². The largest absolute Gasteiger partial charge is 0.748 e. The number of alkyl halides is 12. The van der Waals surface area contributed by atoms with Gasteiger partial charge in [-0.1, -0.05) is 170 Å². The predicted octanol–water partition coefficient (Wildman–Crippen LogP) is 18.1. The fraction of sp³-hybridized carbons (Fsp3) is 0.360. The van der Waals surface area contributed by atoms with Gasteiger partial charge in [0, 0.05) is 19.0 Å². The first-order valence-electron chi connectivity index (χ1n) is 38.9. The smallest absolute Gasteiger partial charge is 0.432 e. The summed E-state index contributed by atoms with van der Waals surface area (Å²) < 4.78 is 312. The molecule has 0 aromatic heterocycles. The number of esters is 1. The molecule has 9 aromatic carbocycles. The lowest BCUT2D eigenvalue weighted by Crippen LogP contribution is -2.56. The van der Waals surface area contributed by atoms with Crippen LogP contribution >= 0.6 is 0 Å².